The van der Waals surface area contributed by atoms with Crippen LogP contribution in [0.1, 0.15) is 19.8 Å². The van der Waals surface area contributed by atoms with Crippen LogP contribution in [0.25, 0.3) is 0 Å². The normalized spacial score (nSPS) is 12.7. The van der Waals surface area contributed by atoms with Gasteiger partial charge in [-0.05, 0) is 37.7 Å². The molecule has 0 radical (unpaired) electrons. The molecule has 0 aromatic heterocycles. The molecule has 0 aliphatic heterocycles. The second kappa shape index (κ2) is 6.43. The molecule has 0 aliphatic carbocycles. The maximum Gasteiger partial charge on any atom is 0.240 e. The minimum Gasteiger partial charge on any atom is -0.381 e. The van der Waals surface area contributed by atoms with Crippen molar-refractivity contribution in [2.24, 2.45) is 0 Å². The second-order valence-corrected chi connectivity index (χ2v) is 5.78. The van der Waals surface area contributed by atoms with E-state index in [-0.39, 0.29) is 10.9 Å². The minimum absolute atomic E-state index is 0.210. The summed E-state index contributed by atoms with van der Waals surface area (Å²) in [5, 5.41) is 3.27. The lowest BCUT2D eigenvalue weighted by Crippen LogP contribution is -2.19. The van der Waals surface area contributed by atoms with Crippen LogP contribution >= 0.6 is 0 Å². The SMILES string of the molecule is C#CCC(CC)Nc1ccc(S(=O)(=O)NC)cc1. The van der Waals surface area contributed by atoms with Crippen LogP contribution in [-0.4, -0.2) is 21.5 Å². The fourth-order valence-corrected chi connectivity index (χ4v) is 2.25. The Kier molecular flexibility index (Phi) is 5.20. The average molecular weight is 266 g/mol. The van der Waals surface area contributed by atoms with Crippen molar-refractivity contribution in [3.63, 3.8) is 0 Å². The Bertz CT molecular complexity index is 515. The molecule has 2 N–H and O–H groups in total. The zero-order chi connectivity index (χ0) is 13.6. The van der Waals surface area contributed by atoms with E-state index in [9.17, 15) is 8.42 Å². The summed E-state index contributed by atoms with van der Waals surface area (Å²) in [4.78, 5) is 0.251. The van der Waals surface area contributed by atoms with E-state index in [4.69, 9.17) is 6.42 Å². The molecule has 4 nitrogen and oxygen atoms in total. The molecule has 0 aliphatic rings. The largest absolute Gasteiger partial charge is 0.381 e. The summed E-state index contributed by atoms with van der Waals surface area (Å²) in [6.45, 7) is 2.05. The standard InChI is InChI=1S/C13H18N2O2S/c1-4-6-11(5-2)15-12-7-9-13(10-8-12)18(16,17)14-3/h1,7-11,14-15H,5-6H2,2-3H3. The highest BCUT2D eigenvalue weighted by atomic mass is 32.2. The van der Waals surface area contributed by atoms with Gasteiger partial charge in [-0.2, -0.15) is 0 Å². The van der Waals surface area contributed by atoms with Gasteiger partial charge < -0.3 is 5.32 Å². The van der Waals surface area contributed by atoms with Gasteiger partial charge in [0.2, 0.25) is 10.0 Å². The number of terminal acetylenes is 1. The number of hydrogen-bond donors (Lipinski definition) is 2. The van der Waals surface area contributed by atoms with E-state index in [1.54, 1.807) is 24.3 Å². The van der Waals surface area contributed by atoms with E-state index in [1.807, 2.05) is 0 Å². The molecule has 98 valence electrons. The fourth-order valence-electron chi connectivity index (χ4n) is 1.52. The molecule has 0 spiro atoms. The maximum atomic E-state index is 11.5. The third kappa shape index (κ3) is 3.76. The number of sulfonamides is 1. The third-order valence-corrected chi connectivity index (χ3v) is 4.09. The maximum absolute atomic E-state index is 11.5. The zero-order valence-electron chi connectivity index (χ0n) is 10.6. The molecule has 0 bridgehead atoms. The van der Waals surface area contributed by atoms with Crippen molar-refractivity contribution in [1.82, 2.24) is 4.72 Å². The molecule has 18 heavy (non-hydrogen) atoms. The van der Waals surface area contributed by atoms with E-state index >= 15 is 0 Å². The summed E-state index contributed by atoms with van der Waals surface area (Å²) in [6, 6.07) is 6.82. The van der Waals surface area contributed by atoms with E-state index in [1.165, 1.54) is 7.05 Å². The lowest BCUT2D eigenvalue weighted by atomic mass is 10.1. The van der Waals surface area contributed by atoms with Crippen LogP contribution in [0, 0.1) is 12.3 Å². The fraction of sp³-hybridized carbons (Fsp3) is 0.385. The number of rotatable bonds is 6. The monoisotopic (exact) mass is 266 g/mol. The van der Waals surface area contributed by atoms with E-state index < -0.39 is 10.0 Å². The van der Waals surface area contributed by atoms with Crippen LogP contribution in [-0.2, 0) is 10.0 Å². The van der Waals surface area contributed by atoms with Gasteiger partial charge in [-0.1, -0.05) is 6.92 Å². The van der Waals surface area contributed by atoms with Gasteiger partial charge in [-0.25, -0.2) is 13.1 Å². The number of anilines is 1. The smallest absolute Gasteiger partial charge is 0.240 e. The Labute approximate surface area is 109 Å². The Hall–Kier alpha value is -1.51. The first-order valence-electron chi connectivity index (χ1n) is 5.77. The summed E-state index contributed by atoms with van der Waals surface area (Å²) >= 11 is 0. The van der Waals surface area contributed by atoms with Crippen LogP contribution in [0.4, 0.5) is 5.69 Å². The zero-order valence-corrected chi connectivity index (χ0v) is 11.4. The molecular weight excluding hydrogens is 248 g/mol. The summed E-state index contributed by atoms with van der Waals surface area (Å²) in [7, 11) is -1.98. The van der Waals surface area contributed by atoms with Gasteiger partial charge in [-0.15, -0.1) is 12.3 Å². The van der Waals surface area contributed by atoms with Crippen LogP contribution in [0.15, 0.2) is 29.2 Å². The molecule has 1 atom stereocenters. The highest BCUT2D eigenvalue weighted by molar-refractivity contribution is 7.89. The van der Waals surface area contributed by atoms with Crippen LogP contribution < -0.4 is 10.0 Å². The summed E-state index contributed by atoms with van der Waals surface area (Å²) in [5.41, 5.74) is 0.868. The Morgan fingerprint density at radius 1 is 1.33 bits per heavy atom. The molecule has 0 amide bonds. The average Bonchev–Trinajstić information content (AvgIpc) is 2.39. The highest BCUT2D eigenvalue weighted by Gasteiger charge is 2.11. The minimum atomic E-state index is -3.37. The molecule has 0 saturated carbocycles. The number of hydrogen-bond acceptors (Lipinski definition) is 3. The van der Waals surface area contributed by atoms with Gasteiger partial charge in [0.05, 0.1) is 4.90 Å². The highest BCUT2D eigenvalue weighted by Crippen LogP contribution is 2.15. The van der Waals surface area contributed by atoms with Gasteiger partial charge in [0.15, 0.2) is 0 Å². The molecular formula is C13H18N2O2S. The second-order valence-electron chi connectivity index (χ2n) is 3.89. The van der Waals surface area contributed by atoms with Crippen LogP contribution in [0.2, 0.25) is 0 Å². The van der Waals surface area contributed by atoms with Crippen LogP contribution in [0.3, 0.4) is 0 Å². The molecule has 0 saturated heterocycles. The molecule has 1 rings (SSSR count). The molecule has 1 unspecified atom stereocenters. The van der Waals surface area contributed by atoms with Crippen molar-refractivity contribution in [3.05, 3.63) is 24.3 Å². The van der Waals surface area contributed by atoms with Crippen LogP contribution in [0.5, 0.6) is 0 Å². The molecule has 1 aromatic carbocycles. The van der Waals surface area contributed by atoms with E-state index in [2.05, 4.69) is 22.9 Å². The van der Waals surface area contributed by atoms with E-state index in [0.29, 0.717) is 6.42 Å². The van der Waals surface area contributed by atoms with Crippen molar-refractivity contribution >= 4 is 15.7 Å². The Morgan fingerprint density at radius 2 is 1.94 bits per heavy atom. The van der Waals surface area contributed by atoms with Gasteiger partial charge in [0.1, 0.15) is 0 Å². The van der Waals surface area contributed by atoms with Crippen molar-refractivity contribution in [3.8, 4) is 12.3 Å². The van der Waals surface area contributed by atoms with Gasteiger partial charge in [0.25, 0.3) is 0 Å². The lowest BCUT2D eigenvalue weighted by molar-refractivity contribution is 0.588. The van der Waals surface area contributed by atoms with Crippen molar-refractivity contribution < 1.29 is 8.42 Å². The Balaban J connectivity index is 2.81. The van der Waals surface area contributed by atoms with Crippen molar-refractivity contribution in [1.29, 1.82) is 0 Å². The summed E-state index contributed by atoms with van der Waals surface area (Å²) in [5.74, 6) is 2.62. The first kappa shape index (κ1) is 14.6. The van der Waals surface area contributed by atoms with Crippen molar-refractivity contribution in [2.75, 3.05) is 12.4 Å². The first-order chi connectivity index (χ1) is 8.53. The molecule has 1 aromatic rings. The van der Waals surface area contributed by atoms with Gasteiger partial charge in [-0.3, -0.25) is 0 Å². The van der Waals surface area contributed by atoms with Gasteiger partial charge >= 0.3 is 0 Å². The van der Waals surface area contributed by atoms with Gasteiger partial charge in [0, 0.05) is 18.2 Å². The predicted molar refractivity (Wildman–Crippen MR) is 73.8 cm³/mol. The number of nitrogens with one attached hydrogen (secondary N) is 2. The van der Waals surface area contributed by atoms with E-state index in [0.717, 1.165) is 12.1 Å². The summed E-state index contributed by atoms with van der Waals surface area (Å²) in [6.07, 6.45) is 6.84. The molecule has 0 heterocycles. The quantitative estimate of drug-likeness (QED) is 0.772. The lowest BCUT2D eigenvalue weighted by Gasteiger charge is -2.15. The predicted octanol–water partition coefficient (Wildman–Crippen LogP) is 1.81. The van der Waals surface area contributed by atoms with Crippen molar-refractivity contribution in [2.45, 2.75) is 30.7 Å². The third-order valence-electron chi connectivity index (χ3n) is 2.66. The summed E-state index contributed by atoms with van der Waals surface area (Å²) < 4.78 is 25.3. The molecule has 5 heteroatoms. The first-order valence-corrected chi connectivity index (χ1v) is 7.25. The number of benzene rings is 1. The Morgan fingerprint density at radius 3 is 2.39 bits per heavy atom. The topological polar surface area (TPSA) is 58.2 Å². The molecule has 0 fully saturated rings.